The molecular formula is C42H65Br2LiN2O7Si2. The Balaban J connectivity index is 0.000000266. The van der Waals surface area contributed by atoms with E-state index in [-0.39, 0.29) is 25.0 Å². The Labute approximate surface area is 368 Å². The van der Waals surface area contributed by atoms with E-state index in [9.17, 15) is 14.4 Å². The number of nitrogens with zero attached hydrogens (tertiary/aromatic N) is 2. The number of halogens is 2. The van der Waals surface area contributed by atoms with Crippen LogP contribution in [0.3, 0.4) is 0 Å². The molecule has 14 heteroatoms. The van der Waals surface area contributed by atoms with Crippen molar-refractivity contribution in [1.82, 2.24) is 0 Å². The molecule has 1 aliphatic heterocycles. The Morgan fingerprint density at radius 1 is 0.679 bits per heavy atom. The van der Waals surface area contributed by atoms with Crippen molar-refractivity contribution in [3.05, 3.63) is 66.7 Å². The third-order valence-corrected chi connectivity index (χ3v) is 14.8. The van der Waals surface area contributed by atoms with Gasteiger partial charge in [-0.15, -0.1) is 0 Å². The summed E-state index contributed by atoms with van der Waals surface area (Å²) >= 11 is 7.04. The molecule has 9 nitrogen and oxygen atoms in total. The van der Waals surface area contributed by atoms with Gasteiger partial charge in [0.1, 0.15) is 16.8 Å². The predicted octanol–water partition coefficient (Wildman–Crippen LogP) is 10.7. The number of amides is 1. The van der Waals surface area contributed by atoms with Gasteiger partial charge in [-0.25, -0.2) is 14.4 Å². The van der Waals surface area contributed by atoms with E-state index in [0.717, 1.165) is 28.5 Å². The van der Waals surface area contributed by atoms with Gasteiger partial charge in [0.15, 0.2) is 0 Å². The minimum absolute atomic E-state index is 0. The van der Waals surface area contributed by atoms with Gasteiger partial charge in [0, 0.05) is 15.5 Å². The van der Waals surface area contributed by atoms with Crippen LogP contribution < -0.4 is 23.8 Å². The van der Waals surface area contributed by atoms with E-state index in [1.807, 2.05) is 32.9 Å². The van der Waals surface area contributed by atoms with Crippen LogP contribution >= 0.6 is 31.9 Å². The van der Waals surface area contributed by atoms with Crippen molar-refractivity contribution in [3.8, 4) is 0 Å². The quantitative estimate of drug-likeness (QED) is 0.128. The van der Waals surface area contributed by atoms with Crippen molar-refractivity contribution in [2.75, 3.05) is 11.4 Å². The van der Waals surface area contributed by atoms with Crippen LogP contribution in [0.1, 0.15) is 110 Å². The van der Waals surface area contributed by atoms with Crippen molar-refractivity contribution < 1.29 is 52.2 Å². The van der Waals surface area contributed by atoms with Gasteiger partial charge in [-0.3, -0.25) is 4.90 Å². The van der Waals surface area contributed by atoms with Crippen LogP contribution in [0.4, 0.5) is 20.1 Å². The van der Waals surface area contributed by atoms with E-state index in [2.05, 4.69) is 100 Å². The number of ether oxygens (including phenoxy) is 4. The van der Waals surface area contributed by atoms with Crippen molar-refractivity contribution in [1.29, 1.82) is 0 Å². The van der Waals surface area contributed by atoms with E-state index >= 15 is 0 Å². The van der Waals surface area contributed by atoms with Crippen molar-refractivity contribution >= 4 is 72.4 Å². The molecule has 0 radical (unpaired) electrons. The van der Waals surface area contributed by atoms with Crippen molar-refractivity contribution in [2.45, 2.75) is 156 Å². The monoisotopic (exact) mass is 930 g/mol. The molecule has 56 heavy (non-hydrogen) atoms. The first kappa shape index (κ1) is 50.5. The maximum Gasteiger partial charge on any atom is 1.00 e. The van der Waals surface area contributed by atoms with Gasteiger partial charge in [-0.1, -0.05) is 93.7 Å². The summed E-state index contributed by atoms with van der Waals surface area (Å²) in [6, 6.07) is 12.9. The second-order valence-electron chi connectivity index (χ2n) is 19.9. The average molecular weight is 933 g/mol. The summed E-state index contributed by atoms with van der Waals surface area (Å²) in [6.07, 6.45) is 3.02. The number of anilines is 1. The molecular weight excluding hydrogens is 867 g/mol. The van der Waals surface area contributed by atoms with Crippen LogP contribution in [0.2, 0.25) is 39.3 Å². The van der Waals surface area contributed by atoms with E-state index in [1.165, 1.54) is 35.7 Å². The molecule has 1 heterocycles. The van der Waals surface area contributed by atoms with Gasteiger partial charge in [0.05, 0.1) is 5.69 Å². The van der Waals surface area contributed by atoms with Gasteiger partial charge in [0.2, 0.25) is 0 Å². The molecule has 308 valence electrons. The van der Waals surface area contributed by atoms with Gasteiger partial charge in [0.25, 0.3) is 0 Å². The molecule has 6 rings (SSSR count). The molecule has 0 saturated heterocycles. The molecule has 4 atom stereocenters. The molecule has 2 aromatic rings. The topological polar surface area (TPSA) is 105 Å². The minimum Gasteiger partial charge on any atom is -0.668 e. The first-order valence-corrected chi connectivity index (χ1v) is 27.8. The number of hydrogen-bond donors (Lipinski definition) is 0. The van der Waals surface area contributed by atoms with E-state index in [1.54, 1.807) is 57.6 Å². The van der Waals surface area contributed by atoms with Crippen LogP contribution in [0.15, 0.2) is 45.3 Å². The smallest absolute Gasteiger partial charge is 0.668 e. The van der Waals surface area contributed by atoms with E-state index in [0.29, 0.717) is 11.8 Å². The summed E-state index contributed by atoms with van der Waals surface area (Å²) in [7, 11) is -2.21. The van der Waals surface area contributed by atoms with E-state index < -0.39 is 45.6 Å². The Morgan fingerprint density at radius 3 is 1.59 bits per heavy atom. The summed E-state index contributed by atoms with van der Waals surface area (Å²) in [5, 5.41) is 0. The molecule has 0 aromatic heterocycles. The molecule has 0 spiro atoms. The fraction of sp³-hybridized carbons (Fsp3) is 0.643. The number of carbonyl (C=O) groups is 3. The number of carbonyl (C=O) groups excluding carboxylic acids is 3. The molecule has 2 fully saturated rings. The molecule has 1 amide bonds. The second-order valence-corrected chi connectivity index (χ2v) is 31.3. The first-order valence-electron chi connectivity index (χ1n) is 19.4. The minimum atomic E-state index is -1.11. The zero-order valence-electron chi connectivity index (χ0n) is 36.8. The largest absolute Gasteiger partial charge is 1.00 e. The van der Waals surface area contributed by atoms with Gasteiger partial charge < -0.3 is 23.6 Å². The Kier molecular flexibility index (Phi) is 17.7. The standard InChI is InChI=1S/C15H18BrNO2.C11H11Br.C10H18O5.C6H18NSi2.Li/c1-15(2,3)19-14(18)17-8-9-6-11(9)12-7-10(16)4-5-13(12)17;12-9-4-3-7-1-2-8-5-10(8)11(7)6-9;1-9(2,3)14-7(11)13-8(12)15-10(4,5)6;1-8(2,3)7-9(4,5)6;/h4-5,7,9,11H,6,8H2,1-3H3;3-4,6,8,10H,1-2,5H2;1-6H3;1-6H3;/q;;;-1;+1. The summed E-state index contributed by atoms with van der Waals surface area (Å²) in [5.41, 5.74) is 3.66. The third kappa shape index (κ3) is 18.5. The number of hydrogen-bond acceptors (Lipinski definition) is 7. The van der Waals surface area contributed by atoms with Crippen LogP contribution in [0.5, 0.6) is 0 Å². The Morgan fingerprint density at radius 2 is 1.12 bits per heavy atom. The molecule has 0 bridgehead atoms. The summed E-state index contributed by atoms with van der Waals surface area (Å²) in [4.78, 5) is 36.1. The first-order chi connectivity index (χ1) is 24.9. The molecule has 4 unspecified atom stereocenters. The molecule has 0 N–H and O–H groups in total. The molecule has 3 aliphatic carbocycles. The van der Waals surface area contributed by atoms with Crippen LogP contribution in [-0.4, -0.2) is 58.2 Å². The SMILES string of the molecule is Brc1ccc2c(c1)C1CC1CC2.CC(C)(C)OC(=O)N1CC2CC2c2cc(Br)ccc21.CC(C)(C)OC(=O)OC(=O)OC(C)(C)C.C[Si](C)(C)[N-][Si](C)(C)C.[Li+]. The summed E-state index contributed by atoms with van der Waals surface area (Å²) < 4.78 is 26.4. The third-order valence-electron chi connectivity index (χ3n) is 8.46. The number of fused-ring (bicyclic) bond motifs is 6. The predicted molar refractivity (Wildman–Crippen MR) is 235 cm³/mol. The Hall–Kier alpha value is -1.60. The number of benzene rings is 2. The van der Waals surface area contributed by atoms with Crippen LogP contribution in [0, 0.1) is 11.8 Å². The van der Waals surface area contributed by atoms with Gasteiger partial charge in [-0.05, 0) is 159 Å². The zero-order chi connectivity index (χ0) is 41.9. The van der Waals surface area contributed by atoms with Crippen molar-refractivity contribution in [2.24, 2.45) is 11.8 Å². The zero-order valence-corrected chi connectivity index (χ0v) is 42.0. The maximum atomic E-state index is 12.3. The fourth-order valence-corrected chi connectivity index (χ4v) is 15.6. The number of aryl methyl sites for hydroxylation is 1. The van der Waals surface area contributed by atoms with Gasteiger partial charge >= 0.3 is 37.3 Å². The van der Waals surface area contributed by atoms with Crippen LogP contribution in [-0.2, 0) is 25.4 Å². The van der Waals surface area contributed by atoms with Crippen molar-refractivity contribution in [3.63, 3.8) is 0 Å². The Bertz CT molecular complexity index is 1640. The van der Waals surface area contributed by atoms with Gasteiger partial charge in [-0.2, -0.15) is 0 Å². The molecule has 4 aliphatic rings. The summed E-state index contributed by atoms with van der Waals surface area (Å²) in [6.45, 7) is 30.3. The average Bonchev–Trinajstić information content (AvgIpc) is 3.87. The summed E-state index contributed by atoms with van der Waals surface area (Å²) in [5.74, 6) is 3.19. The molecule has 2 aromatic carbocycles. The second kappa shape index (κ2) is 19.6. The normalized spacial score (nSPS) is 20.3. The maximum absolute atomic E-state index is 12.3. The number of rotatable bonds is 2. The molecule has 2 saturated carbocycles. The van der Waals surface area contributed by atoms with E-state index in [4.69, 9.17) is 18.9 Å². The fourth-order valence-electron chi connectivity index (χ4n) is 6.76. The van der Waals surface area contributed by atoms with Crippen LogP contribution in [0.25, 0.3) is 4.65 Å².